The van der Waals surface area contributed by atoms with Crippen LogP contribution in [0.4, 0.5) is 0 Å². The Morgan fingerprint density at radius 3 is 1.33 bits per heavy atom. The number of aromatic amines is 4. The molecule has 10 nitrogen and oxygen atoms in total. The molecule has 2 aromatic carbocycles. The van der Waals surface area contributed by atoms with E-state index in [1.165, 1.54) is 0 Å². The van der Waals surface area contributed by atoms with Crippen LogP contribution in [0.3, 0.4) is 0 Å². The lowest BCUT2D eigenvalue weighted by atomic mass is 10.0. The Morgan fingerprint density at radius 1 is 0.500 bits per heavy atom. The first-order valence-corrected chi connectivity index (χ1v) is 18.4. The molecule has 10 heteroatoms. The molecule has 0 aliphatic carbocycles. The summed E-state index contributed by atoms with van der Waals surface area (Å²) in [6.07, 6.45) is 6.06. The molecule has 0 unspecified atom stereocenters. The number of fused-ring (bicyclic) bond motifs is 8. The molecule has 0 radical (unpaired) electrons. The van der Waals surface area contributed by atoms with Gasteiger partial charge in [-0.25, -0.2) is 0 Å². The number of rotatable bonds is 14. The van der Waals surface area contributed by atoms with Gasteiger partial charge in [0.2, 0.25) is 0 Å². The van der Waals surface area contributed by atoms with Crippen molar-refractivity contribution < 1.29 is 28.5 Å². The normalized spacial score (nSPS) is 12.1. The molecule has 5 heterocycles. The van der Waals surface area contributed by atoms with Crippen molar-refractivity contribution in [2.75, 3.05) is 26.4 Å². The molecule has 8 bridgehead atoms. The molecule has 0 fully saturated rings. The highest BCUT2D eigenvalue weighted by molar-refractivity contribution is 5.79. The minimum Gasteiger partial charge on any atom is -0.494 e. The van der Waals surface area contributed by atoms with Crippen LogP contribution in [0.5, 0.6) is 11.5 Å². The molecule has 6 aromatic rings. The van der Waals surface area contributed by atoms with Crippen molar-refractivity contribution >= 4 is 35.2 Å². The smallest absolute Gasteiger partial charge is 0.305 e. The van der Waals surface area contributed by atoms with E-state index in [0.717, 1.165) is 77.9 Å². The minimum atomic E-state index is -0.204. The lowest BCUT2D eigenvalue weighted by Crippen LogP contribution is -2.15. The van der Waals surface area contributed by atoms with Crippen LogP contribution in [0.15, 0.2) is 97.1 Å². The summed E-state index contributed by atoms with van der Waals surface area (Å²) in [5, 5.41) is 3.84. The summed E-state index contributed by atoms with van der Waals surface area (Å²) in [5.74, 6) is 1.07. The van der Waals surface area contributed by atoms with Gasteiger partial charge in [-0.15, -0.1) is 0 Å². The number of carbonyl (C=O) groups excluding carboxylic acids is 2. The molecule has 1 aliphatic heterocycles. The predicted octanol–water partition coefficient (Wildman–Crippen LogP) is 4.91. The molecule has 54 heavy (non-hydrogen) atoms. The van der Waals surface area contributed by atoms with Crippen molar-refractivity contribution in [1.82, 2.24) is 19.9 Å². The Kier molecular flexibility index (Phi) is 11.3. The number of benzene rings is 2. The zero-order chi connectivity index (χ0) is 37.3. The van der Waals surface area contributed by atoms with E-state index >= 15 is 0 Å². The Labute approximate surface area is 312 Å². The van der Waals surface area contributed by atoms with Gasteiger partial charge in [0.25, 0.3) is 0 Å². The summed E-state index contributed by atoms with van der Waals surface area (Å²) >= 11 is 0. The van der Waals surface area contributed by atoms with Crippen LogP contribution in [0.1, 0.15) is 73.4 Å². The van der Waals surface area contributed by atoms with Crippen LogP contribution in [0.25, 0.3) is 23.3 Å². The van der Waals surface area contributed by atoms with Crippen LogP contribution in [-0.4, -0.2) is 58.3 Å². The third-order valence-corrected chi connectivity index (χ3v) is 9.02. The molecule has 4 N–H and O–H groups in total. The van der Waals surface area contributed by atoms with Gasteiger partial charge in [-0.1, -0.05) is 24.3 Å². The van der Waals surface area contributed by atoms with E-state index in [2.05, 4.69) is 105 Å². The van der Waals surface area contributed by atoms with Gasteiger partial charge in [0, 0.05) is 68.2 Å². The summed E-state index contributed by atoms with van der Waals surface area (Å²) in [6, 6.07) is 32.8. The maximum atomic E-state index is 11.7. The Balaban J connectivity index is 1.19. The molecule has 0 saturated heterocycles. The fourth-order valence-corrected chi connectivity index (χ4v) is 6.53. The average molecular weight is 725 g/mol. The van der Waals surface area contributed by atoms with E-state index in [4.69, 9.17) is 18.9 Å². The summed E-state index contributed by atoms with van der Waals surface area (Å²) in [6.45, 7) is 5.25. The largest absolute Gasteiger partial charge is 0.494 e. The molecule has 0 saturated carbocycles. The second kappa shape index (κ2) is 16.9. The third kappa shape index (κ3) is 8.78. The first kappa shape index (κ1) is 36.0. The number of hydrogen-bond acceptors (Lipinski definition) is 6. The van der Waals surface area contributed by atoms with Crippen LogP contribution in [-0.2, 0) is 19.1 Å². The zero-order valence-corrected chi connectivity index (χ0v) is 30.5. The van der Waals surface area contributed by atoms with Gasteiger partial charge >= 0.3 is 11.9 Å². The van der Waals surface area contributed by atoms with Gasteiger partial charge in [0.15, 0.2) is 0 Å². The summed E-state index contributed by atoms with van der Waals surface area (Å²) in [5.41, 5.74) is 7.94. The Hall–Kier alpha value is -6.42. The minimum absolute atomic E-state index is 0.204. The van der Waals surface area contributed by atoms with Gasteiger partial charge in [-0.05, 0) is 123 Å². The number of esters is 2. The maximum absolute atomic E-state index is 11.7. The van der Waals surface area contributed by atoms with E-state index in [0.29, 0.717) is 52.1 Å². The molecule has 0 amide bonds. The topological polar surface area (TPSA) is 134 Å². The van der Waals surface area contributed by atoms with Crippen molar-refractivity contribution in [3.05, 3.63) is 152 Å². The van der Waals surface area contributed by atoms with Crippen molar-refractivity contribution in [2.24, 2.45) is 0 Å². The first-order valence-electron chi connectivity index (χ1n) is 18.4. The highest BCUT2D eigenvalue weighted by Crippen LogP contribution is 2.25. The highest BCUT2D eigenvalue weighted by atomic mass is 16.5. The molecule has 4 aromatic heterocycles. The van der Waals surface area contributed by atoms with Crippen LogP contribution in [0.2, 0.25) is 0 Å². The second-order valence-corrected chi connectivity index (χ2v) is 12.9. The quantitative estimate of drug-likeness (QED) is 0.0931. The maximum Gasteiger partial charge on any atom is 0.305 e. The lowest BCUT2D eigenvalue weighted by molar-refractivity contribution is -0.144. The summed E-state index contributed by atoms with van der Waals surface area (Å²) < 4.78 is 21.9. The number of H-pyrrole nitrogens is 4. The molecule has 1 aliphatic rings. The van der Waals surface area contributed by atoms with Gasteiger partial charge in [0.05, 0.1) is 26.4 Å². The second-order valence-electron chi connectivity index (χ2n) is 12.9. The van der Waals surface area contributed by atoms with Gasteiger partial charge in [-0.2, -0.15) is 0 Å². The van der Waals surface area contributed by atoms with E-state index in [9.17, 15) is 9.59 Å². The molecular weight excluding hydrogens is 681 g/mol. The number of carbonyl (C=O) groups is 2. The highest BCUT2D eigenvalue weighted by Gasteiger charge is 2.13. The SMILES string of the molecule is CCOC(=O)CCCOc1ccc(C2=c3ccc([nH]3)=Cc3ccc([nH]3)C(c3ccc(OCCCC(=O)OCC)cc3)=c3ccc([nH]3)=Cc3ccc2[nH]3)cc1. The Morgan fingerprint density at radius 2 is 0.926 bits per heavy atom. The zero-order valence-electron chi connectivity index (χ0n) is 30.5. The van der Waals surface area contributed by atoms with E-state index < -0.39 is 0 Å². The van der Waals surface area contributed by atoms with E-state index in [1.54, 1.807) is 13.8 Å². The van der Waals surface area contributed by atoms with Gasteiger partial charge in [0.1, 0.15) is 11.5 Å². The van der Waals surface area contributed by atoms with Crippen molar-refractivity contribution in [3.63, 3.8) is 0 Å². The monoisotopic (exact) mass is 724 g/mol. The Bertz CT molecular complexity index is 2290. The van der Waals surface area contributed by atoms with Crippen molar-refractivity contribution in [1.29, 1.82) is 0 Å². The third-order valence-electron chi connectivity index (χ3n) is 9.02. The standard InChI is InChI=1S/C44H44N4O6/c1-3-51-41(49)7-5-25-53-35-17-9-29(10-18-35)43-37-21-13-31(45-37)27-33-15-23-39(47-33)44(40-24-16-34(48-40)28-32-14-22-38(43)46-32)30-11-19-36(20-12-30)54-26-6-8-42(50)52-4-2/h9-24,27-28,45-48H,3-8,25-26H2,1-2H3. The van der Waals surface area contributed by atoms with Crippen LogP contribution >= 0.6 is 0 Å². The summed E-state index contributed by atoms with van der Waals surface area (Å²) in [7, 11) is 0. The van der Waals surface area contributed by atoms with Crippen LogP contribution in [0, 0.1) is 0 Å². The number of aromatic nitrogens is 4. The lowest BCUT2D eigenvalue weighted by Gasteiger charge is -2.09. The van der Waals surface area contributed by atoms with Crippen LogP contribution < -0.4 is 30.9 Å². The molecular formula is C44H44N4O6. The fourth-order valence-electron chi connectivity index (χ4n) is 6.53. The predicted molar refractivity (Wildman–Crippen MR) is 208 cm³/mol. The van der Waals surface area contributed by atoms with E-state index in [1.807, 2.05) is 24.3 Å². The average Bonchev–Trinajstić information content (AvgIpc) is 4.01. The molecule has 0 atom stereocenters. The number of nitrogens with one attached hydrogen (secondary N) is 4. The van der Waals surface area contributed by atoms with Gasteiger partial charge < -0.3 is 38.9 Å². The number of ether oxygens (including phenoxy) is 4. The molecule has 7 rings (SSSR count). The molecule has 276 valence electrons. The van der Waals surface area contributed by atoms with Crippen molar-refractivity contribution in [3.8, 4) is 11.5 Å². The van der Waals surface area contributed by atoms with Crippen molar-refractivity contribution in [2.45, 2.75) is 39.5 Å². The fraction of sp³-hybridized carbons (Fsp3) is 0.227. The first-order chi connectivity index (χ1) is 26.4. The number of hydrogen-bond donors (Lipinski definition) is 4. The van der Waals surface area contributed by atoms with Gasteiger partial charge in [-0.3, -0.25) is 9.59 Å². The van der Waals surface area contributed by atoms with E-state index in [-0.39, 0.29) is 11.9 Å². The molecule has 0 spiro atoms. The summed E-state index contributed by atoms with van der Waals surface area (Å²) in [4.78, 5) is 37.9.